The molecule has 1 aliphatic rings. The lowest BCUT2D eigenvalue weighted by Crippen LogP contribution is -2.47. The fraction of sp³-hybridized carbons (Fsp3) is 0.579. The van der Waals surface area contributed by atoms with Gasteiger partial charge in [0.1, 0.15) is 11.8 Å². The molecule has 132 valence electrons. The van der Waals surface area contributed by atoms with E-state index in [2.05, 4.69) is 5.32 Å². The lowest BCUT2D eigenvalue weighted by atomic mass is 9.94. The van der Waals surface area contributed by atoms with Gasteiger partial charge in [-0.3, -0.25) is 4.79 Å². The summed E-state index contributed by atoms with van der Waals surface area (Å²) in [5, 5.41) is 2.91. The molecule has 5 heteroatoms. The summed E-state index contributed by atoms with van der Waals surface area (Å²) in [6, 6.07) is 7.20. The second-order valence-corrected chi connectivity index (χ2v) is 6.28. The Morgan fingerprint density at radius 1 is 1.21 bits per heavy atom. The Labute approximate surface area is 143 Å². The number of hydrogen-bond donors (Lipinski definition) is 1. The Balaban J connectivity index is 2.05. The van der Waals surface area contributed by atoms with Crippen molar-refractivity contribution >= 4 is 11.9 Å². The number of carbonyl (C=O) groups is 2. The first-order valence-electron chi connectivity index (χ1n) is 8.58. The van der Waals surface area contributed by atoms with Crippen LogP contribution in [-0.4, -0.2) is 32.1 Å². The molecule has 1 aromatic carbocycles. The normalized spacial score (nSPS) is 20.4. The number of hydrogen-bond acceptors (Lipinski definition) is 4. The zero-order valence-corrected chi connectivity index (χ0v) is 14.9. The predicted octanol–water partition coefficient (Wildman–Crippen LogP) is 2.89. The first-order valence-corrected chi connectivity index (χ1v) is 8.58. The minimum Gasteiger partial charge on any atom is -0.496 e. The first-order chi connectivity index (χ1) is 11.6. The third-order valence-corrected chi connectivity index (χ3v) is 4.94. The van der Waals surface area contributed by atoms with E-state index in [9.17, 15) is 9.59 Å². The second-order valence-electron chi connectivity index (χ2n) is 6.28. The van der Waals surface area contributed by atoms with Gasteiger partial charge in [-0.15, -0.1) is 0 Å². The number of ether oxygens (including phenoxy) is 2. The van der Waals surface area contributed by atoms with Crippen LogP contribution in [0, 0.1) is 11.8 Å². The number of para-hydroxylation sites is 1. The van der Waals surface area contributed by atoms with Gasteiger partial charge in [0.25, 0.3) is 0 Å². The molecule has 3 atom stereocenters. The molecule has 1 aromatic rings. The van der Waals surface area contributed by atoms with Gasteiger partial charge in [0.15, 0.2) is 0 Å². The molecule has 0 radical (unpaired) electrons. The van der Waals surface area contributed by atoms with E-state index < -0.39 is 6.04 Å². The molecule has 1 fully saturated rings. The Morgan fingerprint density at radius 3 is 2.46 bits per heavy atom. The van der Waals surface area contributed by atoms with Crippen molar-refractivity contribution in [3.05, 3.63) is 29.8 Å². The zero-order chi connectivity index (χ0) is 17.7. The molecule has 1 amide bonds. The van der Waals surface area contributed by atoms with Crippen molar-refractivity contribution in [2.75, 3.05) is 14.2 Å². The average Bonchev–Trinajstić information content (AvgIpc) is 3.41. The smallest absolute Gasteiger partial charge is 0.328 e. The maximum absolute atomic E-state index is 12.6. The summed E-state index contributed by atoms with van der Waals surface area (Å²) in [5.74, 6) is 0.496. The minimum atomic E-state index is -0.573. The van der Waals surface area contributed by atoms with Gasteiger partial charge in [0, 0.05) is 5.92 Å². The van der Waals surface area contributed by atoms with Crippen LogP contribution in [0.5, 0.6) is 5.75 Å². The number of methoxy groups -OCH3 is 2. The molecular weight excluding hydrogens is 306 g/mol. The zero-order valence-electron chi connectivity index (χ0n) is 14.9. The summed E-state index contributed by atoms with van der Waals surface area (Å²) in [6.07, 6.45) is 2.41. The quantitative estimate of drug-likeness (QED) is 0.743. The van der Waals surface area contributed by atoms with Gasteiger partial charge in [-0.05, 0) is 29.9 Å². The van der Waals surface area contributed by atoms with Crippen molar-refractivity contribution in [1.29, 1.82) is 0 Å². The predicted molar refractivity (Wildman–Crippen MR) is 91.9 cm³/mol. The molecular formula is C19H27NO4. The highest BCUT2D eigenvalue weighted by molar-refractivity contribution is 5.88. The van der Waals surface area contributed by atoms with Crippen LogP contribution < -0.4 is 10.1 Å². The Kier molecular flexibility index (Phi) is 6.23. The molecule has 0 bridgehead atoms. The largest absolute Gasteiger partial charge is 0.496 e. The Morgan fingerprint density at radius 2 is 1.88 bits per heavy atom. The van der Waals surface area contributed by atoms with Crippen LogP contribution in [0.25, 0.3) is 0 Å². The average molecular weight is 333 g/mol. The lowest BCUT2D eigenvalue weighted by molar-refractivity contribution is -0.147. The summed E-state index contributed by atoms with van der Waals surface area (Å²) in [7, 11) is 3.00. The summed E-state index contributed by atoms with van der Waals surface area (Å²) in [4.78, 5) is 24.6. The van der Waals surface area contributed by atoms with E-state index in [1.807, 2.05) is 38.1 Å². The summed E-state index contributed by atoms with van der Waals surface area (Å²) in [5.41, 5.74) is 1.05. The highest BCUT2D eigenvalue weighted by Crippen LogP contribution is 2.50. The third kappa shape index (κ3) is 3.89. The highest BCUT2D eigenvalue weighted by atomic mass is 16.5. The molecule has 2 rings (SSSR count). The molecule has 1 N–H and O–H groups in total. The molecule has 0 aromatic heterocycles. The van der Waals surface area contributed by atoms with E-state index in [1.165, 1.54) is 7.11 Å². The molecule has 5 nitrogen and oxygen atoms in total. The standard InChI is InChI=1S/C19H27NO4/c1-5-12(6-2)17(19(22)24-4)20-18(21)15-11-14(15)13-9-7-8-10-16(13)23-3/h7-10,12,14-15,17H,5-6,11H2,1-4H3,(H,20,21)/t14-,15+,17+/m1/s1. The maximum Gasteiger partial charge on any atom is 0.328 e. The van der Waals surface area contributed by atoms with E-state index in [-0.39, 0.29) is 29.6 Å². The third-order valence-electron chi connectivity index (χ3n) is 4.94. The van der Waals surface area contributed by atoms with Crippen LogP contribution in [0.15, 0.2) is 24.3 Å². The van der Waals surface area contributed by atoms with Gasteiger partial charge < -0.3 is 14.8 Å². The number of amides is 1. The highest BCUT2D eigenvalue weighted by Gasteiger charge is 2.46. The number of carbonyl (C=O) groups excluding carboxylic acids is 2. The van der Waals surface area contributed by atoms with E-state index >= 15 is 0 Å². The topological polar surface area (TPSA) is 64.6 Å². The minimum absolute atomic E-state index is 0.0757. The van der Waals surface area contributed by atoms with E-state index in [0.717, 1.165) is 30.6 Å². The van der Waals surface area contributed by atoms with Crippen molar-refractivity contribution in [3.8, 4) is 5.75 Å². The molecule has 0 aliphatic heterocycles. The van der Waals surface area contributed by atoms with Gasteiger partial charge in [-0.2, -0.15) is 0 Å². The van der Waals surface area contributed by atoms with Crippen LogP contribution >= 0.6 is 0 Å². The van der Waals surface area contributed by atoms with E-state index in [4.69, 9.17) is 9.47 Å². The summed E-state index contributed by atoms with van der Waals surface area (Å²) >= 11 is 0. The SMILES string of the molecule is CCC(CC)[C@H](NC(=O)[C@H]1C[C@@H]1c1ccccc1OC)C(=O)OC. The first kappa shape index (κ1) is 18.3. The van der Waals surface area contributed by atoms with Gasteiger partial charge in [-0.1, -0.05) is 44.9 Å². The number of esters is 1. The van der Waals surface area contributed by atoms with Crippen LogP contribution in [0.3, 0.4) is 0 Å². The maximum atomic E-state index is 12.6. The van der Waals surface area contributed by atoms with Crippen molar-refractivity contribution in [2.45, 2.75) is 45.1 Å². The fourth-order valence-corrected chi connectivity index (χ4v) is 3.32. The van der Waals surface area contributed by atoms with Crippen LogP contribution in [0.2, 0.25) is 0 Å². The van der Waals surface area contributed by atoms with Crippen LogP contribution in [0.1, 0.15) is 44.6 Å². The monoisotopic (exact) mass is 333 g/mol. The fourth-order valence-electron chi connectivity index (χ4n) is 3.32. The molecule has 0 unspecified atom stereocenters. The molecule has 1 saturated carbocycles. The van der Waals surface area contributed by atoms with Crippen molar-refractivity contribution in [2.24, 2.45) is 11.8 Å². The van der Waals surface area contributed by atoms with Crippen molar-refractivity contribution in [1.82, 2.24) is 5.32 Å². The van der Waals surface area contributed by atoms with E-state index in [1.54, 1.807) is 7.11 Å². The van der Waals surface area contributed by atoms with Crippen LogP contribution in [-0.2, 0) is 14.3 Å². The summed E-state index contributed by atoms with van der Waals surface area (Å²) in [6.45, 7) is 4.04. The van der Waals surface area contributed by atoms with Gasteiger partial charge in [0.05, 0.1) is 14.2 Å². The summed E-state index contributed by atoms with van der Waals surface area (Å²) < 4.78 is 10.3. The molecule has 1 aliphatic carbocycles. The van der Waals surface area contributed by atoms with Crippen molar-refractivity contribution < 1.29 is 19.1 Å². The number of benzene rings is 1. The number of rotatable bonds is 8. The number of nitrogens with one attached hydrogen (secondary N) is 1. The van der Waals surface area contributed by atoms with Crippen molar-refractivity contribution in [3.63, 3.8) is 0 Å². The van der Waals surface area contributed by atoms with Gasteiger partial charge in [-0.25, -0.2) is 4.79 Å². The molecule has 0 saturated heterocycles. The molecule has 0 spiro atoms. The Hall–Kier alpha value is -2.04. The van der Waals surface area contributed by atoms with E-state index in [0.29, 0.717) is 0 Å². The van der Waals surface area contributed by atoms with Gasteiger partial charge in [0.2, 0.25) is 5.91 Å². The van der Waals surface area contributed by atoms with Crippen LogP contribution in [0.4, 0.5) is 0 Å². The molecule has 0 heterocycles. The second kappa shape index (κ2) is 8.18. The lowest BCUT2D eigenvalue weighted by Gasteiger charge is -2.24. The Bertz CT molecular complexity index is 582. The van der Waals surface area contributed by atoms with Gasteiger partial charge >= 0.3 is 5.97 Å². The molecule has 24 heavy (non-hydrogen) atoms.